The molecular formula is C9H11Br2N. The van der Waals surface area contributed by atoms with Crippen LogP contribution in [0, 0.1) is 0 Å². The summed E-state index contributed by atoms with van der Waals surface area (Å²) in [5, 5.41) is 0. The van der Waals surface area contributed by atoms with Crippen LogP contribution in [0.2, 0.25) is 0 Å². The van der Waals surface area contributed by atoms with Crippen LogP contribution in [0.4, 0.5) is 0 Å². The van der Waals surface area contributed by atoms with Gasteiger partial charge in [0.2, 0.25) is 0 Å². The molecule has 0 aliphatic heterocycles. The molecule has 1 aromatic carbocycles. The first-order valence-electron chi connectivity index (χ1n) is 3.78. The second-order valence-electron chi connectivity index (χ2n) is 2.96. The van der Waals surface area contributed by atoms with Gasteiger partial charge in [0.15, 0.2) is 0 Å². The number of hydrogen-bond donors (Lipinski definition) is 1. The summed E-state index contributed by atoms with van der Waals surface area (Å²) in [6.45, 7) is 2.01. The highest BCUT2D eigenvalue weighted by molar-refractivity contribution is 9.11. The molecule has 0 saturated carbocycles. The van der Waals surface area contributed by atoms with E-state index in [0.29, 0.717) is 0 Å². The minimum atomic E-state index is 0.214. The second-order valence-corrected chi connectivity index (χ2v) is 4.79. The molecule has 0 aliphatic carbocycles. The van der Waals surface area contributed by atoms with Gasteiger partial charge in [-0.05, 0) is 37.1 Å². The molecular weight excluding hydrogens is 282 g/mol. The fraction of sp³-hybridized carbons (Fsp3) is 0.333. The Bertz CT molecular complexity index is 251. The van der Waals surface area contributed by atoms with Crippen molar-refractivity contribution in [3.05, 3.63) is 32.7 Å². The van der Waals surface area contributed by atoms with Gasteiger partial charge >= 0.3 is 0 Å². The summed E-state index contributed by atoms with van der Waals surface area (Å²) in [4.78, 5) is 0. The maximum absolute atomic E-state index is 5.69. The third-order valence-electron chi connectivity index (χ3n) is 1.48. The lowest BCUT2D eigenvalue weighted by molar-refractivity contribution is 0.737. The van der Waals surface area contributed by atoms with Crippen molar-refractivity contribution in [2.75, 3.05) is 0 Å². The molecule has 1 atom stereocenters. The molecule has 0 aromatic heterocycles. The molecule has 0 spiro atoms. The van der Waals surface area contributed by atoms with Gasteiger partial charge in [-0.3, -0.25) is 0 Å². The van der Waals surface area contributed by atoms with Crippen LogP contribution in [-0.2, 0) is 6.42 Å². The van der Waals surface area contributed by atoms with Crippen molar-refractivity contribution in [3.8, 4) is 0 Å². The number of benzene rings is 1. The topological polar surface area (TPSA) is 26.0 Å². The quantitative estimate of drug-likeness (QED) is 0.891. The van der Waals surface area contributed by atoms with Crippen LogP contribution in [-0.4, -0.2) is 6.04 Å². The first-order chi connectivity index (χ1) is 5.58. The Morgan fingerprint density at radius 2 is 1.75 bits per heavy atom. The third kappa shape index (κ3) is 3.25. The first-order valence-corrected chi connectivity index (χ1v) is 5.37. The Hall–Kier alpha value is 0.140. The lowest BCUT2D eigenvalue weighted by Crippen LogP contribution is -2.17. The van der Waals surface area contributed by atoms with E-state index in [9.17, 15) is 0 Å². The minimum absolute atomic E-state index is 0.214. The molecule has 0 heterocycles. The second kappa shape index (κ2) is 4.40. The molecule has 0 saturated heterocycles. The Balaban J connectivity index is 2.85. The van der Waals surface area contributed by atoms with Crippen molar-refractivity contribution >= 4 is 31.9 Å². The Morgan fingerprint density at radius 1 is 1.25 bits per heavy atom. The van der Waals surface area contributed by atoms with Gasteiger partial charge in [0.25, 0.3) is 0 Å². The van der Waals surface area contributed by atoms with E-state index in [-0.39, 0.29) is 6.04 Å². The lowest BCUT2D eigenvalue weighted by atomic mass is 10.1. The van der Waals surface area contributed by atoms with Crippen LogP contribution in [0.25, 0.3) is 0 Å². The standard InChI is InChI=1S/C9H11Br2N/c1-6(12)2-7-3-8(10)5-9(11)4-7/h3-6H,2,12H2,1H3. The SMILES string of the molecule is CC(N)Cc1cc(Br)cc(Br)c1. The fourth-order valence-corrected chi connectivity index (χ4v) is 2.49. The molecule has 1 nitrogen and oxygen atoms in total. The van der Waals surface area contributed by atoms with Crippen molar-refractivity contribution in [1.82, 2.24) is 0 Å². The van der Waals surface area contributed by atoms with E-state index in [1.54, 1.807) is 0 Å². The molecule has 66 valence electrons. The third-order valence-corrected chi connectivity index (χ3v) is 2.40. The molecule has 0 amide bonds. The van der Waals surface area contributed by atoms with Gasteiger partial charge in [0.05, 0.1) is 0 Å². The summed E-state index contributed by atoms with van der Waals surface area (Å²) in [7, 11) is 0. The predicted molar refractivity (Wildman–Crippen MR) is 59.2 cm³/mol. The Morgan fingerprint density at radius 3 is 2.17 bits per heavy atom. The molecule has 0 aliphatic rings. The molecule has 0 bridgehead atoms. The van der Waals surface area contributed by atoms with Crippen LogP contribution < -0.4 is 5.73 Å². The first kappa shape index (κ1) is 10.2. The van der Waals surface area contributed by atoms with Crippen molar-refractivity contribution < 1.29 is 0 Å². The largest absolute Gasteiger partial charge is 0.328 e. The summed E-state index contributed by atoms with van der Waals surface area (Å²) in [6.07, 6.45) is 0.915. The van der Waals surface area contributed by atoms with Crippen molar-refractivity contribution in [2.45, 2.75) is 19.4 Å². The molecule has 2 N–H and O–H groups in total. The van der Waals surface area contributed by atoms with E-state index >= 15 is 0 Å². The summed E-state index contributed by atoms with van der Waals surface area (Å²) in [6, 6.07) is 6.42. The Labute approximate surface area is 89.6 Å². The molecule has 0 radical (unpaired) electrons. The van der Waals surface area contributed by atoms with Crippen molar-refractivity contribution in [1.29, 1.82) is 0 Å². The lowest BCUT2D eigenvalue weighted by Gasteiger charge is -2.05. The molecule has 1 rings (SSSR count). The van der Waals surface area contributed by atoms with Crippen LogP contribution >= 0.6 is 31.9 Å². The minimum Gasteiger partial charge on any atom is -0.328 e. The zero-order valence-electron chi connectivity index (χ0n) is 6.85. The van der Waals surface area contributed by atoms with Gasteiger partial charge in [0.1, 0.15) is 0 Å². The zero-order chi connectivity index (χ0) is 9.14. The van der Waals surface area contributed by atoms with Crippen molar-refractivity contribution in [2.24, 2.45) is 5.73 Å². The summed E-state index contributed by atoms with van der Waals surface area (Å²) < 4.78 is 2.18. The van der Waals surface area contributed by atoms with E-state index in [4.69, 9.17) is 5.73 Å². The fourth-order valence-electron chi connectivity index (χ4n) is 1.10. The maximum Gasteiger partial charge on any atom is 0.0189 e. The van der Waals surface area contributed by atoms with Crippen LogP contribution in [0.15, 0.2) is 27.1 Å². The summed E-state index contributed by atoms with van der Waals surface area (Å²) in [5.74, 6) is 0. The van der Waals surface area contributed by atoms with E-state index in [0.717, 1.165) is 15.4 Å². The monoisotopic (exact) mass is 291 g/mol. The highest BCUT2D eigenvalue weighted by atomic mass is 79.9. The van der Waals surface area contributed by atoms with E-state index < -0.39 is 0 Å². The number of halogens is 2. The average Bonchev–Trinajstić information content (AvgIpc) is 1.81. The summed E-state index contributed by atoms with van der Waals surface area (Å²) >= 11 is 6.86. The van der Waals surface area contributed by atoms with E-state index in [2.05, 4.69) is 44.0 Å². The maximum atomic E-state index is 5.69. The smallest absolute Gasteiger partial charge is 0.0189 e. The van der Waals surface area contributed by atoms with Crippen LogP contribution in [0.5, 0.6) is 0 Å². The van der Waals surface area contributed by atoms with Gasteiger partial charge in [-0.1, -0.05) is 31.9 Å². The highest BCUT2D eigenvalue weighted by Crippen LogP contribution is 2.20. The number of nitrogens with two attached hydrogens (primary N) is 1. The van der Waals surface area contributed by atoms with E-state index in [1.807, 2.05) is 13.0 Å². The van der Waals surface area contributed by atoms with Gasteiger partial charge < -0.3 is 5.73 Å². The zero-order valence-corrected chi connectivity index (χ0v) is 10.0. The van der Waals surface area contributed by atoms with Crippen LogP contribution in [0.1, 0.15) is 12.5 Å². The molecule has 1 unspecified atom stereocenters. The average molecular weight is 293 g/mol. The number of rotatable bonds is 2. The molecule has 1 aromatic rings. The van der Waals surface area contributed by atoms with Gasteiger partial charge in [-0.2, -0.15) is 0 Å². The van der Waals surface area contributed by atoms with Gasteiger partial charge in [0, 0.05) is 15.0 Å². The Kier molecular flexibility index (Phi) is 3.75. The molecule has 3 heteroatoms. The highest BCUT2D eigenvalue weighted by Gasteiger charge is 2.00. The van der Waals surface area contributed by atoms with Gasteiger partial charge in [-0.25, -0.2) is 0 Å². The summed E-state index contributed by atoms with van der Waals surface area (Å²) in [5.41, 5.74) is 6.95. The molecule has 0 fully saturated rings. The van der Waals surface area contributed by atoms with Crippen molar-refractivity contribution in [3.63, 3.8) is 0 Å². The molecule has 12 heavy (non-hydrogen) atoms. The normalized spacial score (nSPS) is 13.0. The van der Waals surface area contributed by atoms with Crippen LogP contribution in [0.3, 0.4) is 0 Å². The van der Waals surface area contributed by atoms with E-state index in [1.165, 1.54) is 5.56 Å². The number of hydrogen-bond acceptors (Lipinski definition) is 1. The van der Waals surface area contributed by atoms with Gasteiger partial charge in [-0.15, -0.1) is 0 Å². The predicted octanol–water partition coefficient (Wildman–Crippen LogP) is 3.10.